The summed E-state index contributed by atoms with van der Waals surface area (Å²) in [6, 6.07) is 8.95. The molecule has 0 aliphatic carbocycles. The number of anilines is 1. The first-order valence-corrected chi connectivity index (χ1v) is 12.5. The SMILES string of the molecule is COc1ccc(S(=O)(=O)N(CC(=O)N2CCCCCC2)c2cc(Cl)ccc2OC)cc1OC. The van der Waals surface area contributed by atoms with Crippen LogP contribution in [0.3, 0.4) is 0 Å². The third-order valence-electron chi connectivity index (χ3n) is 5.59. The third kappa shape index (κ3) is 5.65. The van der Waals surface area contributed by atoms with Gasteiger partial charge in [0.2, 0.25) is 5.91 Å². The van der Waals surface area contributed by atoms with E-state index < -0.39 is 10.0 Å². The van der Waals surface area contributed by atoms with E-state index in [0.717, 1.165) is 30.0 Å². The molecule has 1 saturated heterocycles. The molecule has 0 unspecified atom stereocenters. The van der Waals surface area contributed by atoms with E-state index in [1.807, 2.05) is 0 Å². The molecule has 2 aromatic rings. The molecule has 3 rings (SSSR count). The van der Waals surface area contributed by atoms with Gasteiger partial charge in [-0.25, -0.2) is 8.42 Å². The largest absolute Gasteiger partial charge is 0.495 e. The van der Waals surface area contributed by atoms with E-state index in [4.69, 9.17) is 25.8 Å². The van der Waals surface area contributed by atoms with Crippen molar-refractivity contribution >= 4 is 33.2 Å². The summed E-state index contributed by atoms with van der Waals surface area (Å²) in [6.07, 6.45) is 3.91. The minimum absolute atomic E-state index is 0.0501. The van der Waals surface area contributed by atoms with Gasteiger partial charge in [-0.05, 0) is 43.2 Å². The van der Waals surface area contributed by atoms with E-state index in [-0.39, 0.29) is 34.5 Å². The van der Waals surface area contributed by atoms with Crippen LogP contribution in [-0.4, -0.2) is 60.2 Å². The Kier molecular flexibility index (Phi) is 8.31. The predicted octanol–water partition coefficient (Wildman–Crippen LogP) is 3.96. The van der Waals surface area contributed by atoms with Crippen molar-refractivity contribution in [3.63, 3.8) is 0 Å². The van der Waals surface area contributed by atoms with E-state index in [9.17, 15) is 13.2 Å². The van der Waals surface area contributed by atoms with Crippen molar-refractivity contribution < 1.29 is 27.4 Å². The van der Waals surface area contributed by atoms with Crippen LogP contribution in [0, 0.1) is 0 Å². The normalized spacial score (nSPS) is 14.4. The molecule has 180 valence electrons. The number of amides is 1. The molecule has 0 saturated carbocycles. The number of hydrogen-bond donors (Lipinski definition) is 0. The average Bonchev–Trinajstić information content (AvgIpc) is 3.11. The van der Waals surface area contributed by atoms with Crippen LogP contribution in [0.1, 0.15) is 25.7 Å². The van der Waals surface area contributed by atoms with Crippen LogP contribution in [-0.2, 0) is 14.8 Å². The smallest absolute Gasteiger partial charge is 0.265 e. The Morgan fingerprint density at radius 2 is 1.52 bits per heavy atom. The number of likely N-dealkylation sites (tertiary alicyclic amines) is 1. The Hall–Kier alpha value is -2.65. The van der Waals surface area contributed by atoms with Gasteiger partial charge in [0.25, 0.3) is 10.0 Å². The van der Waals surface area contributed by atoms with Gasteiger partial charge in [0.05, 0.1) is 31.9 Å². The quantitative estimate of drug-likeness (QED) is 0.550. The Bertz CT molecular complexity index is 1080. The Morgan fingerprint density at radius 3 is 2.12 bits per heavy atom. The molecule has 1 aliphatic heterocycles. The highest BCUT2D eigenvalue weighted by molar-refractivity contribution is 7.92. The van der Waals surface area contributed by atoms with Crippen molar-refractivity contribution in [3.05, 3.63) is 41.4 Å². The molecular formula is C23H29ClN2O6S. The first kappa shape index (κ1) is 25.0. The zero-order valence-electron chi connectivity index (χ0n) is 19.0. The van der Waals surface area contributed by atoms with Gasteiger partial charge in [-0.1, -0.05) is 24.4 Å². The molecule has 2 aromatic carbocycles. The van der Waals surface area contributed by atoms with E-state index in [2.05, 4.69) is 0 Å². The average molecular weight is 497 g/mol. The molecule has 0 bridgehead atoms. The highest BCUT2D eigenvalue weighted by Crippen LogP contribution is 2.37. The van der Waals surface area contributed by atoms with Gasteiger partial charge in [-0.2, -0.15) is 0 Å². The number of rotatable bonds is 8. The van der Waals surface area contributed by atoms with E-state index in [1.165, 1.54) is 45.6 Å². The molecular weight excluding hydrogens is 468 g/mol. The zero-order chi connectivity index (χ0) is 24.0. The fourth-order valence-electron chi connectivity index (χ4n) is 3.80. The maximum Gasteiger partial charge on any atom is 0.265 e. The second kappa shape index (κ2) is 11.0. The number of sulfonamides is 1. The number of carbonyl (C=O) groups excluding carboxylic acids is 1. The predicted molar refractivity (Wildman–Crippen MR) is 127 cm³/mol. The van der Waals surface area contributed by atoms with Gasteiger partial charge >= 0.3 is 0 Å². The van der Waals surface area contributed by atoms with Crippen LogP contribution in [0.4, 0.5) is 5.69 Å². The van der Waals surface area contributed by atoms with Crippen LogP contribution in [0.15, 0.2) is 41.3 Å². The lowest BCUT2D eigenvalue weighted by atomic mass is 10.2. The highest BCUT2D eigenvalue weighted by atomic mass is 35.5. The number of halogens is 1. The lowest BCUT2D eigenvalue weighted by molar-refractivity contribution is -0.129. The Labute approximate surface area is 200 Å². The second-order valence-electron chi connectivity index (χ2n) is 7.64. The summed E-state index contributed by atoms with van der Waals surface area (Å²) in [5, 5.41) is 0.320. The molecule has 1 aliphatic rings. The number of nitrogens with zero attached hydrogens (tertiary/aromatic N) is 2. The molecule has 0 radical (unpaired) electrons. The van der Waals surface area contributed by atoms with E-state index in [1.54, 1.807) is 17.0 Å². The summed E-state index contributed by atoms with van der Waals surface area (Å²) < 4.78 is 44.6. The molecule has 10 heteroatoms. The van der Waals surface area contributed by atoms with Gasteiger partial charge < -0.3 is 19.1 Å². The molecule has 8 nitrogen and oxygen atoms in total. The fraction of sp³-hybridized carbons (Fsp3) is 0.435. The number of ether oxygens (including phenoxy) is 3. The van der Waals surface area contributed by atoms with Crippen LogP contribution >= 0.6 is 11.6 Å². The highest BCUT2D eigenvalue weighted by Gasteiger charge is 2.32. The van der Waals surface area contributed by atoms with Gasteiger partial charge in [0.1, 0.15) is 12.3 Å². The van der Waals surface area contributed by atoms with Crippen LogP contribution < -0.4 is 18.5 Å². The van der Waals surface area contributed by atoms with E-state index in [0.29, 0.717) is 23.9 Å². The molecule has 33 heavy (non-hydrogen) atoms. The molecule has 1 heterocycles. The Balaban J connectivity index is 2.08. The Morgan fingerprint density at radius 1 is 0.909 bits per heavy atom. The first-order chi connectivity index (χ1) is 15.8. The zero-order valence-corrected chi connectivity index (χ0v) is 20.6. The molecule has 1 fully saturated rings. The summed E-state index contributed by atoms with van der Waals surface area (Å²) in [5.41, 5.74) is 0.183. The molecule has 0 atom stereocenters. The molecule has 1 amide bonds. The van der Waals surface area contributed by atoms with Crippen molar-refractivity contribution in [1.82, 2.24) is 4.90 Å². The second-order valence-corrected chi connectivity index (χ2v) is 9.94. The van der Waals surface area contributed by atoms with Crippen molar-refractivity contribution in [2.75, 3.05) is 45.3 Å². The fourth-order valence-corrected chi connectivity index (χ4v) is 5.40. The first-order valence-electron chi connectivity index (χ1n) is 10.7. The summed E-state index contributed by atoms with van der Waals surface area (Å²) >= 11 is 6.20. The van der Waals surface area contributed by atoms with Gasteiger partial charge in [0.15, 0.2) is 11.5 Å². The molecule has 0 spiro atoms. The van der Waals surface area contributed by atoms with Gasteiger partial charge in [-0.15, -0.1) is 0 Å². The topological polar surface area (TPSA) is 85.4 Å². The standard InChI is InChI=1S/C23H29ClN2O6S/c1-30-20-10-8-17(24)14-19(20)26(16-23(27)25-12-6-4-5-7-13-25)33(28,29)18-9-11-21(31-2)22(15-18)32-3/h8-11,14-15H,4-7,12-13,16H2,1-3H3. The van der Waals surface area contributed by atoms with Crippen LogP contribution in [0.2, 0.25) is 5.02 Å². The lowest BCUT2D eigenvalue weighted by Crippen LogP contribution is -2.43. The third-order valence-corrected chi connectivity index (χ3v) is 7.58. The van der Waals surface area contributed by atoms with Crippen molar-refractivity contribution in [2.24, 2.45) is 0 Å². The number of benzene rings is 2. The number of hydrogen-bond acceptors (Lipinski definition) is 6. The maximum absolute atomic E-state index is 13.8. The van der Waals surface area contributed by atoms with Crippen LogP contribution in [0.25, 0.3) is 0 Å². The monoisotopic (exact) mass is 496 g/mol. The number of carbonyl (C=O) groups is 1. The van der Waals surface area contributed by atoms with Gasteiger partial charge in [-0.3, -0.25) is 9.10 Å². The maximum atomic E-state index is 13.8. The lowest BCUT2D eigenvalue weighted by Gasteiger charge is -2.29. The van der Waals surface area contributed by atoms with Crippen molar-refractivity contribution in [2.45, 2.75) is 30.6 Å². The molecule has 0 aromatic heterocycles. The minimum atomic E-state index is -4.19. The summed E-state index contributed by atoms with van der Waals surface area (Å²) in [6.45, 7) is 0.832. The summed E-state index contributed by atoms with van der Waals surface area (Å²) in [7, 11) is 0.136. The summed E-state index contributed by atoms with van der Waals surface area (Å²) in [4.78, 5) is 14.9. The number of methoxy groups -OCH3 is 3. The van der Waals surface area contributed by atoms with Crippen LogP contribution in [0.5, 0.6) is 17.2 Å². The van der Waals surface area contributed by atoms with Crippen molar-refractivity contribution in [3.8, 4) is 17.2 Å². The molecule has 0 N–H and O–H groups in total. The van der Waals surface area contributed by atoms with Gasteiger partial charge in [0, 0.05) is 24.2 Å². The summed E-state index contributed by atoms with van der Waals surface area (Å²) in [5.74, 6) is 0.662. The van der Waals surface area contributed by atoms with Crippen molar-refractivity contribution in [1.29, 1.82) is 0 Å². The van der Waals surface area contributed by atoms with E-state index >= 15 is 0 Å². The minimum Gasteiger partial charge on any atom is -0.495 e.